The van der Waals surface area contributed by atoms with Crippen LogP contribution in [0.5, 0.6) is 0 Å². The van der Waals surface area contributed by atoms with E-state index in [0.29, 0.717) is 0 Å². The molecule has 6 heteroatoms. The molecule has 0 bridgehead atoms. The number of hydrogen-bond donors (Lipinski definition) is 1. The number of aromatic nitrogens is 3. The number of hydrogen-bond acceptors (Lipinski definition) is 6. The molecule has 2 heterocycles. The smallest absolute Gasteiger partial charge is 0.159 e. The fourth-order valence-electron chi connectivity index (χ4n) is 1.59. The second kappa shape index (κ2) is 5.66. The van der Waals surface area contributed by atoms with Gasteiger partial charge in [0, 0.05) is 6.42 Å². The first-order chi connectivity index (χ1) is 8.20. The van der Waals surface area contributed by atoms with Gasteiger partial charge in [0.15, 0.2) is 5.01 Å². The highest BCUT2D eigenvalue weighted by molar-refractivity contribution is 7.21. The van der Waals surface area contributed by atoms with Crippen molar-refractivity contribution in [2.75, 3.05) is 13.6 Å². The molecule has 2 aromatic heterocycles. The molecule has 0 aliphatic heterocycles. The van der Waals surface area contributed by atoms with Gasteiger partial charge in [-0.25, -0.2) is 4.98 Å². The van der Waals surface area contributed by atoms with Crippen molar-refractivity contribution in [3.05, 3.63) is 15.7 Å². The van der Waals surface area contributed by atoms with Crippen molar-refractivity contribution in [3.63, 3.8) is 0 Å². The number of aryl methyl sites for hydroxylation is 3. The van der Waals surface area contributed by atoms with Crippen molar-refractivity contribution in [2.45, 2.75) is 26.7 Å². The molecule has 4 nitrogen and oxygen atoms in total. The lowest BCUT2D eigenvalue weighted by molar-refractivity contribution is 0.718. The Morgan fingerprint density at radius 1 is 1.18 bits per heavy atom. The van der Waals surface area contributed by atoms with E-state index in [1.807, 2.05) is 20.9 Å². The molecule has 1 N–H and O–H groups in total. The second-order valence-corrected chi connectivity index (χ2v) is 6.12. The van der Waals surface area contributed by atoms with E-state index in [1.165, 1.54) is 4.88 Å². The quantitative estimate of drug-likeness (QED) is 0.846. The van der Waals surface area contributed by atoms with Gasteiger partial charge in [-0.3, -0.25) is 0 Å². The molecule has 0 radical (unpaired) electrons. The van der Waals surface area contributed by atoms with Crippen LogP contribution in [0.15, 0.2) is 0 Å². The van der Waals surface area contributed by atoms with E-state index in [9.17, 15) is 0 Å². The molecule has 0 aliphatic rings. The lowest BCUT2D eigenvalue weighted by Gasteiger charge is -1.94. The van der Waals surface area contributed by atoms with E-state index in [-0.39, 0.29) is 0 Å². The molecule has 0 aliphatic carbocycles. The molecule has 0 saturated heterocycles. The zero-order valence-electron chi connectivity index (χ0n) is 10.3. The van der Waals surface area contributed by atoms with Crippen LogP contribution in [0.2, 0.25) is 0 Å². The Labute approximate surface area is 109 Å². The third kappa shape index (κ3) is 3.08. The highest BCUT2D eigenvalue weighted by Gasteiger charge is 2.12. The number of nitrogens with one attached hydrogen (secondary N) is 1. The highest BCUT2D eigenvalue weighted by atomic mass is 32.1. The van der Waals surface area contributed by atoms with Gasteiger partial charge in [-0.05, 0) is 33.9 Å². The minimum Gasteiger partial charge on any atom is -0.320 e. The van der Waals surface area contributed by atoms with Gasteiger partial charge in [-0.1, -0.05) is 11.3 Å². The van der Waals surface area contributed by atoms with Crippen LogP contribution >= 0.6 is 22.7 Å². The SMILES string of the molecule is CNCCCc1nnc(-c2sc(C)nc2C)s1. The summed E-state index contributed by atoms with van der Waals surface area (Å²) in [5.41, 5.74) is 1.06. The summed E-state index contributed by atoms with van der Waals surface area (Å²) in [7, 11) is 1.97. The fourth-order valence-corrected chi connectivity index (χ4v) is 3.52. The van der Waals surface area contributed by atoms with Crippen molar-refractivity contribution in [1.82, 2.24) is 20.5 Å². The first kappa shape index (κ1) is 12.6. The molecule has 0 spiro atoms. The Bertz CT molecular complexity index is 489. The molecule has 0 amide bonds. The van der Waals surface area contributed by atoms with Crippen molar-refractivity contribution in [2.24, 2.45) is 0 Å². The summed E-state index contributed by atoms with van der Waals surface area (Å²) >= 11 is 3.38. The van der Waals surface area contributed by atoms with E-state index < -0.39 is 0 Å². The molecule has 0 saturated carbocycles. The zero-order chi connectivity index (χ0) is 12.3. The monoisotopic (exact) mass is 268 g/mol. The van der Waals surface area contributed by atoms with E-state index in [0.717, 1.165) is 40.1 Å². The van der Waals surface area contributed by atoms with Crippen LogP contribution in [0.3, 0.4) is 0 Å². The van der Waals surface area contributed by atoms with Crippen LogP contribution in [0.25, 0.3) is 9.88 Å². The molecule has 0 fully saturated rings. The molecule has 17 heavy (non-hydrogen) atoms. The maximum Gasteiger partial charge on any atom is 0.159 e. The van der Waals surface area contributed by atoms with Gasteiger partial charge in [0.05, 0.1) is 15.6 Å². The van der Waals surface area contributed by atoms with Crippen molar-refractivity contribution >= 4 is 22.7 Å². The average molecular weight is 268 g/mol. The van der Waals surface area contributed by atoms with Crippen LogP contribution in [-0.4, -0.2) is 28.8 Å². The minimum absolute atomic E-state index is 0.995. The summed E-state index contributed by atoms with van der Waals surface area (Å²) in [5, 5.41) is 14.8. The molecular weight excluding hydrogens is 252 g/mol. The first-order valence-electron chi connectivity index (χ1n) is 5.62. The molecule has 0 unspecified atom stereocenters. The predicted molar refractivity (Wildman–Crippen MR) is 72.7 cm³/mol. The summed E-state index contributed by atoms with van der Waals surface area (Å²) < 4.78 is 0. The predicted octanol–water partition coefficient (Wildman–Crippen LogP) is 2.43. The van der Waals surface area contributed by atoms with Crippen LogP contribution in [0, 0.1) is 13.8 Å². The average Bonchev–Trinajstić information content (AvgIpc) is 2.86. The van der Waals surface area contributed by atoms with Crippen molar-refractivity contribution < 1.29 is 0 Å². The Morgan fingerprint density at radius 3 is 2.65 bits per heavy atom. The van der Waals surface area contributed by atoms with E-state index in [1.54, 1.807) is 22.7 Å². The van der Waals surface area contributed by atoms with Gasteiger partial charge in [0.2, 0.25) is 0 Å². The van der Waals surface area contributed by atoms with Gasteiger partial charge >= 0.3 is 0 Å². The largest absolute Gasteiger partial charge is 0.320 e. The number of thiazole rings is 1. The first-order valence-corrected chi connectivity index (χ1v) is 7.25. The Kier molecular flexibility index (Phi) is 4.20. The Balaban J connectivity index is 2.10. The topological polar surface area (TPSA) is 50.7 Å². The van der Waals surface area contributed by atoms with Gasteiger partial charge in [-0.15, -0.1) is 21.5 Å². The lowest BCUT2D eigenvalue weighted by Crippen LogP contribution is -2.08. The standard InChI is InChI=1S/C11H16N4S2/c1-7-10(16-8(2)13-7)11-15-14-9(17-11)5-4-6-12-3/h12H,4-6H2,1-3H3. The van der Waals surface area contributed by atoms with Gasteiger partial charge < -0.3 is 5.32 Å². The summed E-state index contributed by atoms with van der Waals surface area (Å²) in [6.45, 7) is 5.07. The highest BCUT2D eigenvalue weighted by Crippen LogP contribution is 2.31. The normalized spacial score (nSPS) is 11.0. The van der Waals surface area contributed by atoms with Crippen LogP contribution in [0.1, 0.15) is 22.1 Å². The summed E-state index contributed by atoms with van der Waals surface area (Å²) in [5.74, 6) is 0. The maximum atomic E-state index is 4.42. The minimum atomic E-state index is 0.995. The lowest BCUT2D eigenvalue weighted by atomic mass is 10.3. The van der Waals surface area contributed by atoms with Crippen molar-refractivity contribution in [1.29, 1.82) is 0 Å². The Morgan fingerprint density at radius 2 is 2.00 bits per heavy atom. The van der Waals surface area contributed by atoms with E-state index in [2.05, 4.69) is 20.5 Å². The van der Waals surface area contributed by atoms with E-state index >= 15 is 0 Å². The maximum absolute atomic E-state index is 4.42. The van der Waals surface area contributed by atoms with Gasteiger partial charge in [-0.2, -0.15) is 0 Å². The third-order valence-electron chi connectivity index (χ3n) is 2.38. The second-order valence-electron chi connectivity index (χ2n) is 3.86. The van der Waals surface area contributed by atoms with E-state index in [4.69, 9.17) is 0 Å². The number of nitrogens with zero attached hydrogens (tertiary/aromatic N) is 3. The van der Waals surface area contributed by atoms with Gasteiger partial charge in [0.1, 0.15) is 5.01 Å². The summed E-state index contributed by atoms with van der Waals surface area (Å²) in [4.78, 5) is 5.59. The summed E-state index contributed by atoms with van der Waals surface area (Å²) in [6, 6.07) is 0. The molecule has 2 rings (SSSR count). The molecule has 2 aromatic rings. The molecule has 0 aromatic carbocycles. The van der Waals surface area contributed by atoms with Gasteiger partial charge in [0.25, 0.3) is 0 Å². The fraction of sp³-hybridized carbons (Fsp3) is 0.545. The zero-order valence-corrected chi connectivity index (χ0v) is 11.9. The van der Waals surface area contributed by atoms with Crippen LogP contribution in [0.4, 0.5) is 0 Å². The Hall–Kier alpha value is -0.850. The molecule has 92 valence electrons. The summed E-state index contributed by atoms with van der Waals surface area (Å²) in [6.07, 6.45) is 2.10. The third-order valence-corrected chi connectivity index (χ3v) is 4.59. The van der Waals surface area contributed by atoms with Crippen LogP contribution in [-0.2, 0) is 6.42 Å². The molecular formula is C11H16N4S2. The van der Waals surface area contributed by atoms with Crippen LogP contribution < -0.4 is 5.32 Å². The van der Waals surface area contributed by atoms with Crippen molar-refractivity contribution in [3.8, 4) is 9.88 Å². The number of rotatable bonds is 5. The molecule has 0 atom stereocenters.